The second kappa shape index (κ2) is 10.2. The maximum atomic E-state index is 9.25. The van der Waals surface area contributed by atoms with E-state index in [9.17, 15) is 10.0 Å². The summed E-state index contributed by atoms with van der Waals surface area (Å²) < 4.78 is 0. The first-order valence-electron chi connectivity index (χ1n) is 11.6. The Labute approximate surface area is 203 Å². The molecule has 34 heavy (non-hydrogen) atoms. The van der Waals surface area contributed by atoms with Gasteiger partial charge in [0, 0.05) is 11.1 Å². The lowest BCUT2D eigenvalue weighted by Crippen LogP contribution is -2.55. The van der Waals surface area contributed by atoms with Gasteiger partial charge in [-0.1, -0.05) is 111 Å². The zero-order valence-corrected chi connectivity index (χ0v) is 20.1. The molecule has 4 rings (SSSR count). The lowest BCUT2D eigenvalue weighted by molar-refractivity contribution is 0.426. The Morgan fingerprint density at radius 2 is 0.853 bits per heavy atom. The molecule has 0 spiro atoms. The molecule has 0 saturated heterocycles. The van der Waals surface area contributed by atoms with Crippen molar-refractivity contribution >= 4 is 35.7 Å². The molecule has 2 nitrogen and oxygen atoms in total. The van der Waals surface area contributed by atoms with Crippen LogP contribution in [-0.2, 0) is 0 Å². The van der Waals surface area contributed by atoms with Gasteiger partial charge in [0.25, 0.3) is 0 Å². The van der Waals surface area contributed by atoms with Crippen LogP contribution in [0.1, 0.15) is 33.4 Å². The Morgan fingerprint density at radius 1 is 0.500 bits per heavy atom. The van der Waals surface area contributed by atoms with Gasteiger partial charge in [0.05, 0.1) is 0 Å². The summed E-state index contributed by atoms with van der Waals surface area (Å²) in [5.74, 6) is 6.39. The van der Waals surface area contributed by atoms with Crippen LogP contribution in [0.25, 0.3) is 0 Å². The van der Waals surface area contributed by atoms with E-state index in [1.807, 2.05) is 0 Å². The molecular weight excluding hydrogens is 414 g/mol. The maximum absolute atomic E-state index is 9.25. The largest absolute Gasteiger partial charge is 0.488 e. The van der Waals surface area contributed by atoms with Crippen LogP contribution in [0.4, 0.5) is 0 Å². The van der Waals surface area contributed by atoms with Crippen LogP contribution in [0, 0.1) is 39.5 Å². The second-order valence-corrected chi connectivity index (χ2v) is 8.91. The predicted octanol–water partition coefficient (Wildman–Crippen LogP) is 2.52. The van der Waals surface area contributed by atoms with Gasteiger partial charge < -0.3 is 10.0 Å². The number of benzene rings is 4. The highest BCUT2D eigenvalue weighted by Gasteiger charge is 2.27. The Bertz CT molecular complexity index is 1270. The zero-order valence-electron chi connectivity index (χ0n) is 20.1. The number of hydrogen-bond acceptors (Lipinski definition) is 2. The van der Waals surface area contributed by atoms with Gasteiger partial charge in [-0.05, 0) is 57.4 Å². The molecule has 4 heteroatoms. The molecular formula is C30H28B2O2. The molecule has 0 amide bonds. The van der Waals surface area contributed by atoms with E-state index in [4.69, 9.17) is 0 Å². The number of rotatable bonds is 4. The van der Waals surface area contributed by atoms with Gasteiger partial charge in [0.15, 0.2) is 0 Å². The van der Waals surface area contributed by atoms with E-state index in [1.165, 1.54) is 38.6 Å². The third kappa shape index (κ3) is 5.02. The van der Waals surface area contributed by atoms with Gasteiger partial charge in [0.2, 0.25) is 6.71 Å². The minimum Gasteiger partial charge on any atom is -0.423 e. The van der Waals surface area contributed by atoms with Crippen LogP contribution in [0.5, 0.6) is 0 Å². The standard InChI is InChI=1S/C30H28B2O2/c1-21-7-5-8-22(2)29(21)31(30-23(3)9-6-10-24(30)4)27-17-13-25(14-18-27)11-12-26-15-19-28(20-16-26)32(33)34/h5-10,13-20,33-34H,1-4H3. The minimum atomic E-state index is -1.46. The average Bonchev–Trinajstić information content (AvgIpc) is 2.82. The van der Waals surface area contributed by atoms with Crippen molar-refractivity contribution in [2.75, 3.05) is 0 Å². The van der Waals surface area contributed by atoms with Crippen molar-refractivity contribution in [2.24, 2.45) is 0 Å². The lowest BCUT2D eigenvalue weighted by Gasteiger charge is -2.23. The van der Waals surface area contributed by atoms with Crippen molar-refractivity contribution in [1.29, 1.82) is 0 Å². The summed E-state index contributed by atoms with van der Waals surface area (Å²) in [6.45, 7) is 8.95. The van der Waals surface area contributed by atoms with E-state index >= 15 is 0 Å². The molecule has 0 aliphatic carbocycles. The van der Waals surface area contributed by atoms with Crippen LogP contribution in [0.3, 0.4) is 0 Å². The summed E-state index contributed by atoms with van der Waals surface area (Å²) in [5, 5.41) is 18.5. The van der Waals surface area contributed by atoms with Crippen molar-refractivity contribution in [2.45, 2.75) is 27.7 Å². The average molecular weight is 442 g/mol. The Morgan fingerprint density at radius 3 is 1.21 bits per heavy atom. The fourth-order valence-electron chi connectivity index (χ4n) is 4.68. The van der Waals surface area contributed by atoms with E-state index in [-0.39, 0.29) is 6.71 Å². The zero-order chi connectivity index (χ0) is 24.2. The monoisotopic (exact) mass is 442 g/mol. The molecule has 166 valence electrons. The molecule has 2 N–H and O–H groups in total. The SMILES string of the molecule is Cc1cccc(C)c1B(c1ccc(C#Cc2ccc(B(O)O)cc2)cc1)c1c(C)cccc1C. The van der Waals surface area contributed by atoms with E-state index in [2.05, 4.69) is 100 Å². The van der Waals surface area contributed by atoms with E-state index in [0.717, 1.165) is 11.1 Å². The Kier molecular flexibility index (Phi) is 7.08. The molecule has 0 fully saturated rings. The van der Waals surface area contributed by atoms with Crippen molar-refractivity contribution in [3.63, 3.8) is 0 Å². The summed E-state index contributed by atoms with van der Waals surface area (Å²) in [6.07, 6.45) is 0. The maximum Gasteiger partial charge on any atom is 0.488 e. The second-order valence-electron chi connectivity index (χ2n) is 8.91. The third-order valence-electron chi connectivity index (χ3n) is 6.47. The molecule has 0 atom stereocenters. The highest BCUT2D eigenvalue weighted by molar-refractivity contribution is 6.96. The third-order valence-corrected chi connectivity index (χ3v) is 6.47. The Hall–Kier alpha value is -3.51. The van der Waals surface area contributed by atoms with E-state index < -0.39 is 7.12 Å². The first-order valence-corrected chi connectivity index (χ1v) is 11.6. The predicted molar refractivity (Wildman–Crippen MR) is 145 cm³/mol. The molecule has 0 unspecified atom stereocenters. The molecule has 0 aliphatic heterocycles. The summed E-state index contributed by atoms with van der Waals surface area (Å²) in [7, 11) is -1.46. The van der Waals surface area contributed by atoms with Crippen molar-refractivity contribution in [3.8, 4) is 11.8 Å². The molecule has 0 aliphatic rings. The van der Waals surface area contributed by atoms with Crippen molar-refractivity contribution in [1.82, 2.24) is 0 Å². The summed E-state index contributed by atoms with van der Waals surface area (Å²) in [4.78, 5) is 0. The fourth-order valence-corrected chi connectivity index (χ4v) is 4.68. The number of hydrogen-bond donors (Lipinski definition) is 2. The molecule has 0 saturated carbocycles. The van der Waals surface area contributed by atoms with Crippen LogP contribution in [0.2, 0.25) is 0 Å². The van der Waals surface area contributed by atoms with Crippen LogP contribution < -0.4 is 21.9 Å². The first-order chi connectivity index (χ1) is 16.3. The highest BCUT2D eigenvalue weighted by atomic mass is 16.4. The molecule has 4 aromatic carbocycles. The van der Waals surface area contributed by atoms with Gasteiger partial charge in [0.1, 0.15) is 0 Å². The minimum absolute atomic E-state index is 0.155. The van der Waals surface area contributed by atoms with Crippen LogP contribution >= 0.6 is 0 Å². The van der Waals surface area contributed by atoms with E-state index in [1.54, 1.807) is 24.3 Å². The summed E-state index contributed by atoms with van der Waals surface area (Å²) >= 11 is 0. The van der Waals surface area contributed by atoms with Gasteiger partial charge in [-0.2, -0.15) is 0 Å². The van der Waals surface area contributed by atoms with E-state index in [0.29, 0.717) is 5.46 Å². The summed E-state index contributed by atoms with van der Waals surface area (Å²) in [5.41, 5.74) is 11.4. The van der Waals surface area contributed by atoms with Gasteiger partial charge in [-0.25, -0.2) is 0 Å². The van der Waals surface area contributed by atoms with Crippen molar-refractivity contribution in [3.05, 3.63) is 118 Å². The van der Waals surface area contributed by atoms with Crippen LogP contribution in [-0.4, -0.2) is 23.9 Å². The van der Waals surface area contributed by atoms with Gasteiger partial charge in [-0.3, -0.25) is 0 Å². The quantitative estimate of drug-likeness (QED) is 0.377. The normalized spacial score (nSPS) is 10.4. The molecule has 0 radical (unpaired) electrons. The Balaban J connectivity index is 1.73. The molecule has 0 bridgehead atoms. The van der Waals surface area contributed by atoms with Crippen molar-refractivity contribution < 1.29 is 10.0 Å². The van der Waals surface area contributed by atoms with Gasteiger partial charge in [-0.15, -0.1) is 0 Å². The molecule has 4 aromatic rings. The first kappa shape index (κ1) is 23.6. The van der Waals surface area contributed by atoms with Gasteiger partial charge >= 0.3 is 7.12 Å². The summed E-state index contributed by atoms with van der Waals surface area (Å²) in [6, 6.07) is 28.6. The topological polar surface area (TPSA) is 40.5 Å². The lowest BCUT2D eigenvalue weighted by atomic mass is 9.34. The molecule has 0 aromatic heterocycles. The highest BCUT2D eigenvalue weighted by Crippen LogP contribution is 2.09. The smallest absolute Gasteiger partial charge is 0.423 e. The fraction of sp³-hybridized carbons (Fsp3) is 0.133. The molecule has 0 heterocycles. The number of aryl methyl sites for hydroxylation is 4. The van der Waals surface area contributed by atoms with Crippen LogP contribution in [0.15, 0.2) is 84.9 Å².